The lowest BCUT2D eigenvalue weighted by molar-refractivity contribution is 0.0216. The number of nitrogens with zero attached hydrogens (tertiary/aromatic N) is 1. The molecular weight excluding hydrogens is 273 g/mol. The van der Waals surface area contributed by atoms with Crippen LogP contribution >= 0.6 is 0 Å². The highest BCUT2D eigenvalue weighted by atomic mass is 32.2. The zero-order valence-electron chi connectivity index (χ0n) is 10.7. The van der Waals surface area contributed by atoms with Gasteiger partial charge in [-0.15, -0.1) is 0 Å². The Labute approximate surface area is 111 Å². The van der Waals surface area contributed by atoms with Crippen molar-refractivity contribution in [1.82, 2.24) is 4.31 Å². The minimum absolute atomic E-state index is 0.0211. The molecule has 1 fully saturated rings. The highest BCUT2D eigenvalue weighted by Gasteiger charge is 2.39. The van der Waals surface area contributed by atoms with Crippen molar-refractivity contribution >= 4 is 10.0 Å². The molecule has 2 atom stereocenters. The van der Waals surface area contributed by atoms with E-state index >= 15 is 0 Å². The molecule has 106 valence electrons. The largest absolute Gasteiger partial charge is 0.389 e. The monoisotopic (exact) mass is 289 g/mol. The zero-order chi connectivity index (χ0) is 14.2. The number of hydrogen-bond acceptors (Lipinski definition) is 4. The van der Waals surface area contributed by atoms with Crippen LogP contribution in [0.1, 0.15) is 5.56 Å². The van der Waals surface area contributed by atoms with Crippen molar-refractivity contribution in [1.29, 1.82) is 0 Å². The first-order valence-corrected chi connectivity index (χ1v) is 7.27. The van der Waals surface area contributed by atoms with Gasteiger partial charge in [0.1, 0.15) is 10.7 Å². The van der Waals surface area contributed by atoms with Crippen LogP contribution in [0.25, 0.3) is 0 Å². The van der Waals surface area contributed by atoms with Crippen LogP contribution in [0.15, 0.2) is 23.1 Å². The third-order valence-electron chi connectivity index (χ3n) is 3.21. The standard InChI is InChI=1S/C12H16FNO4S/c1-8-3-4-12(9(13)5-8)19(16,17)14-6-10(15)11(7-14)18-2/h3-5,10-11,15H,6-7H2,1-2H3/t10-,11-/m0/s1. The van der Waals surface area contributed by atoms with Gasteiger partial charge in [-0.2, -0.15) is 4.31 Å². The normalized spacial score (nSPS) is 24.8. The number of β-amino-alcohol motifs (C(OH)–C–C–N with tert-alkyl or cyclic N) is 1. The van der Waals surface area contributed by atoms with Crippen LogP contribution in [0.3, 0.4) is 0 Å². The predicted octanol–water partition coefficient (Wildman–Crippen LogP) is 0.514. The summed E-state index contributed by atoms with van der Waals surface area (Å²) < 4.78 is 44.4. The highest BCUT2D eigenvalue weighted by molar-refractivity contribution is 7.89. The van der Waals surface area contributed by atoms with Crippen molar-refractivity contribution in [2.24, 2.45) is 0 Å². The van der Waals surface area contributed by atoms with Crippen LogP contribution < -0.4 is 0 Å². The fourth-order valence-electron chi connectivity index (χ4n) is 2.11. The van der Waals surface area contributed by atoms with E-state index in [1.807, 2.05) is 0 Å². The third kappa shape index (κ3) is 2.64. The highest BCUT2D eigenvalue weighted by Crippen LogP contribution is 2.25. The Morgan fingerprint density at radius 2 is 2.11 bits per heavy atom. The number of methoxy groups -OCH3 is 1. The number of sulfonamides is 1. The molecule has 1 saturated heterocycles. The van der Waals surface area contributed by atoms with Crippen LogP contribution in [-0.2, 0) is 14.8 Å². The van der Waals surface area contributed by atoms with E-state index < -0.39 is 28.0 Å². The second-order valence-corrected chi connectivity index (χ2v) is 6.50. The van der Waals surface area contributed by atoms with Crippen LogP contribution in [0, 0.1) is 12.7 Å². The lowest BCUT2D eigenvalue weighted by Gasteiger charge is -2.16. The van der Waals surface area contributed by atoms with E-state index in [0.29, 0.717) is 5.56 Å². The quantitative estimate of drug-likeness (QED) is 0.880. The lowest BCUT2D eigenvalue weighted by Crippen LogP contribution is -2.30. The molecule has 0 aromatic heterocycles. The summed E-state index contributed by atoms with van der Waals surface area (Å²) >= 11 is 0. The number of aliphatic hydroxyl groups excluding tert-OH is 1. The topological polar surface area (TPSA) is 66.8 Å². The Morgan fingerprint density at radius 3 is 2.63 bits per heavy atom. The number of halogens is 1. The van der Waals surface area contributed by atoms with Gasteiger partial charge in [0.05, 0.1) is 12.2 Å². The first-order chi connectivity index (χ1) is 8.86. The Morgan fingerprint density at radius 1 is 1.42 bits per heavy atom. The van der Waals surface area contributed by atoms with E-state index in [-0.39, 0.29) is 18.0 Å². The fraction of sp³-hybridized carbons (Fsp3) is 0.500. The summed E-state index contributed by atoms with van der Waals surface area (Å²) in [6, 6.07) is 3.95. The summed E-state index contributed by atoms with van der Waals surface area (Å²) in [4.78, 5) is -0.373. The van der Waals surface area contributed by atoms with Crippen LogP contribution in [0.4, 0.5) is 4.39 Å². The van der Waals surface area contributed by atoms with Crippen molar-refractivity contribution in [3.8, 4) is 0 Å². The molecule has 19 heavy (non-hydrogen) atoms. The minimum Gasteiger partial charge on any atom is -0.389 e. The van der Waals surface area contributed by atoms with Crippen LogP contribution in [0.5, 0.6) is 0 Å². The van der Waals surface area contributed by atoms with Crippen molar-refractivity contribution in [2.75, 3.05) is 20.2 Å². The number of hydrogen-bond donors (Lipinski definition) is 1. The Hall–Kier alpha value is -1.02. The molecule has 1 N–H and O–H groups in total. The molecule has 1 aromatic carbocycles. The van der Waals surface area contributed by atoms with Gasteiger partial charge in [0.25, 0.3) is 0 Å². The Bertz CT molecular complexity index is 575. The molecule has 0 aliphatic carbocycles. The molecule has 0 spiro atoms. The number of aryl methyl sites for hydroxylation is 1. The first kappa shape index (κ1) is 14.4. The SMILES string of the molecule is CO[C@H]1CN(S(=O)(=O)c2ccc(C)cc2F)C[C@@H]1O. The summed E-state index contributed by atoms with van der Waals surface area (Å²) in [6.07, 6.45) is -1.48. The van der Waals surface area contributed by atoms with E-state index in [0.717, 1.165) is 4.31 Å². The number of benzene rings is 1. The molecule has 0 saturated carbocycles. The lowest BCUT2D eigenvalue weighted by atomic mass is 10.2. The zero-order valence-corrected chi connectivity index (χ0v) is 11.5. The summed E-state index contributed by atoms with van der Waals surface area (Å²) in [6.45, 7) is 1.61. The Kier molecular flexibility index (Phi) is 3.91. The van der Waals surface area contributed by atoms with Crippen molar-refractivity contribution in [3.63, 3.8) is 0 Å². The van der Waals surface area contributed by atoms with Crippen LogP contribution in [0.2, 0.25) is 0 Å². The van der Waals surface area contributed by atoms with E-state index in [9.17, 15) is 17.9 Å². The molecule has 0 unspecified atom stereocenters. The van der Waals surface area contributed by atoms with Gasteiger partial charge in [-0.25, -0.2) is 12.8 Å². The van der Waals surface area contributed by atoms with Gasteiger partial charge in [-0.1, -0.05) is 6.07 Å². The summed E-state index contributed by atoms with van der Waals surface area (Å²) in [7, 11) is -2.54. The van der Waals surface area contributed by atoms with Crippen LogP contribution in [-0.4, -0.2) is 50.2 Å². The molecule has 1 aliphatic heterocycles. The molecule has 1 aliphatic rings. The van der Waals surface area contributed by atoms with Gasteiger partial charge in [0, 0.05) is 20.2 Å². The van der Waals surface area contributed by atoms with Crippen molar-refractivity contribution in [2.45, 2.75) is 24.0 Å². The second-order valence-electron chi connectivity index (χ2n) is 4.60. The summed E-state index contributed by atoms with van der Waals surface area (Å²) in [5, 5.41) is 9.66. The molecule has 5 nitrogen and oxygen atoms in total. The minimum atomic E-state index is -3.94. The smallest absolute Gasteiger partial charge is 0.246 e. The van der Waals surface area contributed by atoms with E-state index in [1.165, 1.54) is 25.3 Å². The maximum absolute atomic E-state index is 13.8. The summed E-state index contributed by atoms with van der Waals surface area (Å²) in [5.74, 6) is -0.782. The van der Waals surface area contributed by atoms with Gasteiger partial charge in [-0.3, -0.25) is 0 Å². The fourth-order valence-corrected chi connectivity index (χ4v) is 3.62. The van der Waals surface area contributed by atoms with Gasteiger partial charge in [0.2, 0.25) is 10.0 Å². The molecule has 0 bridgehead atoms. The van der Waals surface area contributed by atoms with Gasteiger partial charge in [-0.05, 0) is 24.6 Å². The number of aliphatic hydroxyl groups is 1. The average Bonchev–Trinajstić information content (AvgIpc) is 2.70. The second kappa shape index (κ2) is 5.16. The molecule has 7 heteroatoms. The molecular formula is C12H16FNO4S. The number of ether oxygens (including phenoxy) is 1. The first-order valence-electron chi connectivity index (χ1n) is 5.83. The van der Waals surface area contributed by atoms with E-state index in [2.05, 4.69) is 0 Å². The maximum Gasteiger partial charge on any atom is 0.246 e. The van der Waals surface area contributed by atoms with Gasteiger partial charge in [0.15, 0.2) is 0 Å². The molecule has 2 rings (SSSR count). The molecule has 1 aromatic rings. The van der Waals surface area contributed by atoms with Crippen molar-refractivity contribution in [3.05, 3.63) is 29.6 Å². The van der Waals surface area contributed by atoms with Gasteiger partial charge < -0.3 is 9.84 Å². The van der Waals surface area contributed by atoms with Gasteiger partial charge >= 0.3 is 0 Å². The predicted molar refractivity (Wildman–Crippen MR) is 66.7 cm³/mol. The van der Waals surface area contributed by atoms with E-state index in [1.54, 1.807) is 6.92 Å². The third-order valence-corrected chi connectivity index (χ3v) is 5.08. The summed E-state index contributed by atoms with van der Waals surface area (Å²) in [5.41, 5.74) is 0.646. The maximum atomic E-state index is 13.8. The van der Waals surface area contributed by atoms with Crippen molar-refractivity contribution < 1.29 is 22.7 Å². The number of rotatable bonds is 3. The molecule has 1 heterocycles. The molecule has 0 amide bonds. The molecule has 0 radical (unpaired) electrons. The Balaban J connectivity index is 2.33. The van der Waals surface area contributed by atoms with E-state index in [4.69, 9.17) is 4.74 Å². The average molecular weight is 289 g/mol.